The summed E-state index contributed by atoms with van der Waals surface area (Å²) in [5.74, 6) is 0. The van der Waals surface area contributed by atoms with Crippen molar-refractivity contribution >= 4 is 21.5 Å². The van der Waals surface area contributed by atoms with E-state index in [9.17, 15) is 0 Å². The monoisotopic (exact) mass is 371 g/mol. The molecule has 1 aliphatic carbocycles. The molecule has 5 aromatic rings. The molecule has 1 heteroatoms. The normalized spacial score (nSPS) is 14.1. The molecule has 29 heavy (non-hydrogen) atoms. The first-order valence-electron chi connectivity index (χ1n) is 10.2. The van der Waals surface area contributed by atoms with Gasteiger partial charge in [-0.15, -0.1) is 0 Å². The fourth-order valence-corrected chi connectivity index (χ4v) is 5.07. The zero-order valence-electron chi connectivity index (χ0n) is 16.6. The van der Waals surface area contributed by atoms with Gasteiger partial charge in [0, 0.05) is 17.2 Å². The third-order valence-corrected chi connectivity index (χ3v) is 6.47. The Hall–Kier alpha value is -3.45. The number of hydrogen-bond donors (Lipinski definition) is 0. The molecule has 0 atom stereocenters. The van der Waals surface area contributed by atoms with E-state index >= 15 is 0 Å². The lowest BCUT2D eigenvalue weighted by atomic mass is 9.79. The highest BCUT2D eigenvalue weighted by Crippen LogP contribution is 2.52. The highest BCUT2D eigenvalue weighted by atomic mass is 14.7. The minimum atomic E-state index is -0.102. The van der Waals surface area contributed by atoms with Crippen LogP contribution in [0.1, 0.15) is 25.0 Å². The number of pyridine rings is 1. The Morgan fingerprint density at radius 3 is 2.14 bits per heavy atom. The fourth-order valence-electron chi connectivity index (χ4n) is 5.07. The Morgan fingerprint density at radius 2 is 1.31 bits per heavy atom. The summed E-state index contributed by atoms with van der Waals surface area (Å²) < 4.78 is 0. The van der Waals surface area contributed by atoms with Crippen molar-refractivity contribution in [3.63, 3.8) is 0 Å². The average molecular weight is 371 g/mol. The lowest BCUT2D eigenvalue weighted by Crippen LogP contribution is -2.17. The second-order valence-corrected chi connectivity index (χ2v) is 8.48. The van der Waals surface area contributed by atoms with Crippen LogP contribution in [0, 0.1) is 0 Å². The van der Waals surface area contributed by atoms with Crippen LogP contribution in [-0.2, 0) is 5.41 Å². The molecule has 0 fully saturated rings. The second kappa shape index (κ2) is 5.78. The van der Waals surface area contributed by atoms with Gasteiger partial charge in [-0.1, -0.05) is 80.6 Å². The van der Waals surface area contributed by atoms with Gasteiger partial charge in [-0.2, -0.15) is 0 Å². The molecule has 1 aliphatic rings. The predicted octanol–water partition coefficient (Wildman–Crippen LogP) is 7.36. The van der Waals surface area contributed by atoms with E-state index in [2.05, 4.69) is 98.8 Å². The van der Waals surface area contributed by atoms with Gasteiger partial charge in [0.15, 0.2) is 0 Å². The maximum absolute atomic E-state index is 4.92. The van der Waals surface area contributed by atoms with Crippen molar-refractivity contribution in [2.45, 2.75) is 19.3 Å². The first kappa shape index (κ1) is 16.5. The number of aromatic nitrogens is 1. The summed E-state index contributed by atoms with van der Waals surface area (Å²) in [5.41, 5.74) is 7.59. The highest BCUT2D eigenvalue weighted by molar-refractivity contribution is 6.00. The summed E-state index contributed by atoms with van der Waals surface area (Å²) >= 11 is 0. The zero-order valence-corrected chi connectivity index (χ0v) is 16.6. The molecule has 1 aromatic heterocycles. The van der Waals surface area contributed by atoms with E-state index in [1.54, 1.807) is 0 Å². The summed E-state index contributed by atoms with van der Waals surface area (Å²) in [5, 5.41) is 5.10. The quantitative estimate of drug-likeness (QED) is 0.300. The van der Waals surface area contributed by atoms with Crippen LogP contribution in [-0.4, -0.2) is 4.98 Å². The molecule has 0 saturated carbocycles. The Morgan fingerprint density at radius 1 is 0.621 bits per heavy atom. The zero-order chi connectivity index (χ0) is 19.6. The van der Waals surface area contributed by atoms with Crippen LogP contribution >= 0.6 is 0 Å². The molecule has 0 radical (unpaired) electrons. The maximum atomic E-state index is 4.92. The summed E-state index contributed by atoms with van der Waals surface area (Å²) in [6.07, 6.45) is 1.97. The van der Waals surface area contributed by atoms with E-state index < -0.39 is 0 Å². The summed E-state index contributed by atoms with van der Waals surface area (Å²) in [6, 6.07) is 30.7. The van der Waals surface area contributed by atoms with Crippen LogP contribution in [0.3, 0.4) is 0 Å². The molecule has 0 amide bonds. The Kier molecular flexibility index (Phi) is 3.29. The van der Waals surface area contributed by atoms with E-state index in [0.717, 1.165) is 5.69 Å². The molecule has 0 bridgehead atoms. The lowest BCUT2D eigenvalue weighted by Gasteiger charge is -2.24. The number of nitrogens with zero attached hydrogens (tertiary/aromatic N) is 1. The van der Waals surface area contributed by atoms with Gasteiger partial charge in [-0.3, -0.25) is 4.98 Å². The summed E-state index contributed by atoms with van der Waals surface area (Å²) in [4.78, 5) is 4.92. The summed E-state index contributed by atoms with van der Waals surface area (Å²) in [7, 11) is 0. The van der Waals surface area contributed by atoms with Gasteiger partial charge >= 0.3 is 0 Å². The van der Waals surface area contributed by atoms with E-state index in [-0.39, 0.29) is 5.41 Å². The van der Waals surface area contributed by atoms with Crippen LogP contribution in [0.5, 0.6) is 0 Å². The lowest BCUT2D eigenvalue weighted by molar-refractivity contribution is 0.660. The van der Waals surface area contributed by atoms with Crippen LogP contribution in [0.4, 0.5) is 0 Å². The van der Waals surface area contributed by atoms with Crippen LogP contribution < -0.4 is 0 Å². The van der Waals surface area contributed by atoms with Gasteiger partial charge in [-0.25, -0.2) is 0 Å². The second-order valence-electron chi connectivity index (χ2n) is 8.48. The molecule has 0 spiro atoms. The standard InChI is InChI=1S/C28H21N/c1-28(2)25-17-20-10-4-3-9-19(20)16-24(25)22-14-15-29-27(26(22)28)23-13-7-11-18-8-5-6-12-21(18)23/h3-17H,1-2H3. The number of hydrogen-bond acceptors (Lipinski definition) is 1. The molecule has 0 aliphatic heterocycles. The van der Waals surface area contributed by atoms with Gasteiger partial charge in [0.25, 0.3) is 0 Å². The molecule has 0 saturated heterocycles. The minimum Gasteiger partial charge on any atom is -0.256 e. The van der Waals surface area contributed by atoms with Gasteiger partial charge in [0.1, 0.15) is 0 Å². The molecule has 4 aromatic carbocycles. The van der Waals surface area contributed by atoms with E-state index in [1.807, 2.05) is 6.20 Å². The fraction of sp³-hybridized carbons (Fsp3) is 0.107. The van der Waals surface area contributed by atoms with Crippen molar-refractivity contribution in [1.29, 1.82) is 0 Å². The smallest absolute Gasteiger partial charge is 0.0755 e. The Bertz CT molecular complexity index is 1420. The number of fused-ring (bicyclic) bond motifs is 5. The van der Waals surface area contributed by atoms with Crippen molar-refractivity contribution in [2.75, 3.05) is 0 Å². The van der Waals surface area contributed by atoms with Crippen LogP contribution in [0.25, 0.3) is 43.9 Å². The molecular formula is C28H21N. The molecule has 1 heterocycles. The molecular weight excluding hydrogens is 350 g/mol. The first-order valence-corrected chi connectivity index (χ1v) is 10.2. The Labute approximate surface area is 170 Å². The van der Waals surface area contributed by atoms with Crippen LogP contribution in [0.15, 0.2) is 91.1 Å². The van der Waals surface area contributed by atoms with Gasteiger partial charge in [-0.05, 0) is 62.0 Å². The van der Waals surface area contributed by atoms with Crippen molar-refractivity contribution in [2.24, 2.45) is 0 Å². The number of rotatable bonds is 1. The topological polar surface area (TPSA) is 12.9 Å². The van der Waals surface area contributed by atoms with Crippen molar-refractivity contribution in [3.05, 3.63) is 102 Å². The molecule has 6 rings (SSSR count). The maximum Gasteiger partial charge on any atom is 0.0755 e. The molecule has 138 valence electrons. The van der Waals surface area contributed by atoms with Crippen molar-refractivity contribution in [1.82, 2.24) is 4.98 Å². The van der Waals surface area contributed by atoms with Gasteiger partial charge in [0.2, 0.25) is 0 Å². The van der Waals surface area contributed by atoms with E-state index in [4.69, 9.17) is 4.98 Å². The molecule has 0 N–H and O–H groups in total. The third kappa shape index (κ3) is 2.25. The van der Waals surface area contributed by atoms with Crippen molar-refractivity contribution < 1.29 is 0 Å². The minimum absolute atomic E-state index is 0.102. The molecule has 0 unspecified atom stereocenters. The van der Waals surface area contributed by atoms with Gasteiger partial charge < -0.3 is 0 Å². The predicted molar refractivity (Wildman–Crippen MR) is 122 cm³/mol. The first-order chi connectivity index (χ1) is 14.1. The average Bonchev–Trinajstić information content (AvgIpc) is 2.99. The SMILES string of the molecule is CC1(C)c2cc3ccccc3cc2-c2ccnc(-c3cccc4ccccc34)c21. The van der Waals surface area contributed by atoms with E-state index in [0.29, 0.717) is 0 Å². The van der Waals surface area contributed by atoms with Crippen LogP contribution in [0.2, 0.25) is 0 Å². The number of benzene rings is 4. The largest absolute Gasteiger partial charge is 0.256 e. The highest BCUT2D eigenvalue weighted by Gasteiger charge is 2.38. The Balaban J connectivity index is 1.69. The van der Waals surface area contributed by atoms with Gasteiger partial charge in [0.05, 0.1) is 5.69 Å². The van der Waals surface area contributed by atoms with Crippen molar-refractivity contribution in [3.8, 4) is 22.4 Å². The third-order valence-electron chi connectivity index (χ3n) is 6.47. The summed E-state index contributed by atoms with van der Waals surface area (Å²) in [6.45, 7) is 4.67. The van der Waals surface area contributed by atoms with E-state index in [1.165, 1.54) is 49.4 Å². The molecule has 1 nitrogen and oxygen atoms in total.